The van der Waals surface area contributed by atoms with Crippen molar-refractivity contribution < 1.29 is 33.7 Å². The van der Waals surface area contributed by atoms with E-state index in [4.69, 9.17) is 14.2 Å². The van der Waals surface area contributed by atoms with Crippen molar-refractivity contribution in [2.75, 3.05) is 26.4 Å². The van der Waals surface area contributed by atoms with Gasteiger partial charge in [-0.15, -0.1) is 0 Å². The van der Waals surface area contributed by atoms with Gasteiger partial charge in [0.15, 0.2) is 0 Å². The first-order chi connectivity index (χ1) is 20.4. The number of aliphatic hydroxyl groups is 1. The molecule has 0 saturated heterocycles. The fraction of sp³-hybridized carbons (Fsp3) is 0.531. The van der Waals surface area contributed by atoms with Crippen LogP contribution in [0.3, 0.4) is 0 Å². The first-order valence-corrected chi connectivity index (χ1v) is 14.8. The van der Waals surface area contributed by atoms with E-state index in [1.165, 1.54) is 0 Å². The Kier molecular flexibility index (Phi) is 12.8. The maximum absolute atomic E-state index is 13.8. The predicted octanol–water partition coefficient (Wildman–Crippen LogP) is 2.31. The Morgan fingerprint density at radius 2 is 1.70 bits per heavy atom. The molecular formula is C32H46N4O7. The average molecular weight is 599 g/mol. The number of hydrogen-bond acceptors (Lipinski definition) is 8. The molecule has 0 aliphatic carbocycles. The molecule has 2 heterocycles. The van der Waals surface area contributed by atoms with Crippen LogP contribution in [0.2, 0.25) is 0 Å². The summed E-state index contributed by atoms with van der Waals surface area (Å²) >= 11 is 0. The normalized spacial score (nSPS) is 20.5. The van der Waals surface area contributed by atoms with Gasteiger partial charge in [0.25, 0.3) is 0 Å². The Balaban J connectivity index is 1.92. The third-order valence-electron chi connectivity index (χ3n) is 6.78. The van der Waals surface area contributed by atoms with Crippen LogP contribution in [0.25, 0.3) is 0 Å². The molecule has 5 N–H and O–H groups in total. The number of carbonyl (C=O) groups is 3. The lowest BCUT2D eigenvalue weighted by Crippen LogP contribution is -2.62. The second-order valence-electron chi connectivity index (χ2n) is 11.9. The second kappa shape index (κ2) is 16.3. The predicted molar refractivity (Wildman–Crippen MR) is 162 cm³/mol. The Morgan fingerprint density at radius 1 is 1.00 bits per heavy atom. The molecule has 43 heavy (non-hydrogen) atoms. The van der Waals surface area contributed by atoms with E-state index in [1.807, 2.05) is 68.4 Å². The first-order valence-electron chi connectivity index (χ1n) is 14.8. The van der Waals surface area contributed by atoms with Gasteiger partial charge in [-0.25, -0.2) is 4.79 Å². The third kappa shape index (κ3) is 11.5. The van der Waals surface area contributed by atoms with Crippen LogP contribution in [0, 0.1) is 5.92 Å². The van der Waals surface area contributed by atoms with E-state index < -0.39 is 41.8 Å². The summed E-state index contributed by atoms with van der Waals surface area (Å²) < 4.78 is 16.7. The van der Waals surface area contributed by atoms with E-state index in [1.54, 1.807) is 20.8 Å². The number of benzene rings is 2. The minimum absolute atomic E-state index is 0.224. The molecule has 2 aromatic rings. The van der Waals surface area contributed by atoms with Crippen molar-refractivity contribution in [2.24, 2.45) is 5.92 Å². The van der Waals surface area contributed by atoms with Crippen LogP contribution in [0.1, 0.15) is 45.7 Å². The molecule has 2 bridgehead atoms. The molecule has 4 atom stereocenters. The maximum atomic E-state index is 13.8. The molecule has 0 aromatic heterocycles. The number of rotatable bonds is 6. The number of amides is 3. The van der Waals surface area contributed by atoms with E-state index in [0.29, 0.717) is 19.0 Å². The van der Waals surface area contributed by atoms with Crippen molar-refractivity contribution in [3.63, 3.8) is 0 Å². The monoisotopic (exact) mass is 598 g/mol. The standard InChI is InChI=1S/C32H46N4O7/c1-21(2)26-29(38)33-15-16-41-17-18-42-24-13-11-23(12-14-24)20-34-27(30(39)36-26)28(37)25(19-22-9-7-6-8-10-22)35-31(40)43-32(3,4)5/h6-14,21,25-28,34,37H,15-20H2,1-5H3,(H,33,38)(H,35,40)(H,36,39)/t25-,26-,27+,28+/m0/s1. The summed E-state index contributed by atoms with van der Waals surface area (Å²) in [4.78, 5) is 39.7. The zero-order chi connectivity index (χ0) is 31.4. The molecule has 2 aromatic carbocycles. The molecule has 11 heteroatoms. The van der Waals surface area contributed by atoms with E-state index in [9.17, 15) is 19.5 Å². The highest BCUT2D eigenvalue weighted by Crippen LogP contribution is 2.16. The highest BCUT2D eigenvalue weighted by atomic mass is 16.6. The molecule has 0 unspecified atom stereocenters. The second-order valence-corrected chi connectivity index (χ2v) is 11.9. The lowest BCUT2D eigenvalue weighted by Gasteiger charge is -2.33. The van der Waals surface area contributed by atoms with Crippen LogP contribution in [0.15, 0.2) is 54.6 Å². The van der Waals surface area contributed by atoms with Gasteiger partial charge in [0.05, 0.1) is 25.4 Å². The molecule has 0 saturated carbocycles. The van der Waals surface area contributed by atoms with Gasteiger partial charge < -0.3 is 35.3 Å². The fourth-order valence-corrected chi connectivity index (χ4v) is 4.57. The van der Waals surface area contributed by atoms with Gasteiger partial charge >= 0.3 is 6.09 Å². The molecule has 0 radical (unpaired) electrons. The number of carbonyl (C=O) groups excluding carboxylic acids is 3. The van der Waals surface area contributed by atoms with E-state index in [-0.39, 0.29) is 37.9 Å². The Bertz CT molecular complexity index is 1170. The zero-order valence-corrected chi connectivity index (χ0v) is 25.7. The van der Waals surface area contributed by atoms with Crippen molar-refractivity contribution in [1.82, 2.24) is 21.3 Å². The van der Waals surface area contributed by atoms with E-state index in [2.05, 4.69) is 21.3 Å². The van der Waals surface area contributed by atoms with Crippen LogP contribution in [-0.4, -0.2) is 79.2 Å². The Morgan fingerprint density at radius 3 is 2.35 bits per heavy atom. The van der Waals surface area contributed by atoms with Crippen LogP contribution in [0.4, 0.5) is 4.79 Å². The quantitative estimate of drug-likeness (QED) is 0.319. The van der Waals surface area contributed by atoms with Crippen molar-refractivity contribution in [3.05, 3.63) is 65.7 Å². The summed E-state index contributed by atoms with van der Waals surface area (Å²) in [6, 6.07) is 13.7. The van der Waals surface area contributed by atoms with Gasteiger partial charge in [-0.05, 0) is 56.4 Å². The van der Waals surface area contributed by atoms with Gasteiger partial charge in [0.1, 0.15) is 30.0 Å². The number of aliphatic hydroxyl groups excluding tert-OH is 1. The summed E-state index contributed by atoms with van der Waals surface area (Å²) in [5.74, 6) is -0.516. The van der Waals surface area contributed by atoms with Gasteiger partial charge in [-0.1, -0.05) is 56.3 Å². The number of alkyl carbamates (subject to hydrolysis) is 1. The number of hydrogen-bond donors (Lipinski definition) is 5. The zero-order valence-electron chi connectivity index (χ0n) is 25.7. The number of nitrogens with one attached hydrogen (secondary N) is 4. The average Bonchev–Trinajstić information content (AvgIpc) is 2.94. The molecule has 236 valence electrons. The topological polar surface area (TPSA) is 147 Å². The Hall–Kier alpha value is -3.67. The molecule has 11 nitrogen and oxygen atoms in total. The molecule has 0 spiro atoms. The summed E-state index contributed by atoms with van der Waals surface area (Å²) in [7, 11) is 0. The fourth-order valence-electron chi connectivity index (χ4n) is 4.57. The molecule has 3 amide bonds. The highest BCUT2D eigenvalue weighted by molar-refractivity contribution is 5.90. The van der Waals surface area contributed by atoms with Crippen LogP contribution in [0.5, 0.6) is 5.75 Å². The van der Waals surface area contributed by atoms with E-state index >= 15 is 0 Å². The van der Waals surface area contributed by atoms with Crippen molar-refractivity contribution >= 4 is 17.9 Å². The van der Waals surface area contributed by atoms with Crippen LogP contribution >= 0.6 is 0 Å². The van der Waals surface area contributed by atoms with Gasteiger partial charge in [0, 0.05) is 13.1 Å². The van der Waals surface area contributed by atoms with Crippen molar-refractivity contribution in [3.8, 4) is 5.75 Å². The van der Waals surface area contributed by atoms with E-state index in [0.717, 1.165) is 11.1 Å². The molecule has 4 rings (SSSR count). The maximum Gasteiger partial charge on any atom is 0.407 e. The summed E-state index contributed by atoms with van der Waals surface area (Å²) in [5, 5.41) is 23.3. The Labute approximate surface area is 254 Å². The smallest absolute Gasteiger partial charge is 0.407 e. The summed E-state index contributed by atoms with van der Waals surface area (Å²) in [6.45, 7) is 10.4. The van der Waals surface area contributed by atoms with Crippen LogP contribution in [-0.2, 0) is 32.0 Å². The molecular weight excluding hydrogens is 552 g/mol. The lowest BCUT2D eigenvalue weighted by atomic mass is 9.94. The highest BCUT2D eigenvalue weighted by Gasteiger charge is 2.37. The largest absolute Gasteiger partial charge is 0.491 e. The van der Waals surface area contributed by atoms with Crippen molar-refractivity contribution in [2.45, 2.75) is 77.4 Å². The number of ether oxygens (including phenoxy) is 3. The van der Waals surface area contributed by atoms with Gasteiger partial charge in [-0.2, -0.15) is 0 Å². The summed E-state index contributed by atoms with van der Waals surface area (Å²) in [6.07, 6.45) is -1.89. The molecule has 2 aliphatic heterocycles. The lowest BCUT2D eigenvalue weighted by molar-refractivity contribution is -0.133. The van der Waals surface area contributed by atoms with Gasteiger partial charge in [-0.3, -0.25) is 14.9 Å². The van der Waals surface area contributed by atoms with Crippen molar-refractivity contribution in [1.29, 1.82) is 0 Å². The van der Waals surface area contributed by atoms with Gasteiger partial charge in [0.2, 0.25) is 11.8 Å². The SMILES string of the molecule is CC(C)[C@@H]1NC(=O)[C@@H]([C@H](O)[C@H](Cc2ccccc2)NC(=O)OC(C)(C)C)NCc2ccc(cc2)OCCOCCNC1=O. The number of fused-ring (bicyclic) bond motifs is 15. The molecule has 0 fully saturated rings. The third-order valence-corrected chi connectivity index (χ3v) is 6.78. The summed E-state index contributed by atoms with van der Waals surface area (Å²) in [5.41, 5.74) is 0.925. The van der Waals surface area contributed by atoms with Crippen LogP contribution < -0.4 is 26.0 Å². The molecule has 2 aliphatic rings. The first kappa shape index (κ1) is 33.8. The minimum atomic E-state index is -1.40. The minimum Gasteiger partial charge on any atom is -0.491 e.